The van der Waals surface area contributed by atoms with Gasteiger partial charge in [-0.05, 0) is 40.2 Å². The molecule has 1 rings (SSSR count). The molecule has 1 unspecified atom stereocenters. The van der Waals surface area contributed by atoms with Crippen molar-refractivity contribution in [1.82, 2.24) is 5.32 Å². The largest absolute Gasteiger partial charge is 0.444 e. The summed E-state index contributed by atoms with van der Waals surface area (Å²) in [5.41, 5.74) is 0.436. The fourth-order valence-electron chi connectivity index (χ4n) is 1.36. The van der Waals surface area contributed by atoms with E-state index in [4.69, 9.17) is 4.74 Å². The number of dihydropyridines is 1. The number of ether oxygens (including phenoxy) is 1. The van der Waals surface area contributed by atoms with Crippen LogP contribution in [0, 0.1) is 0 Å². The highest BCUT2D eigenvalue weighted by Gasteiger charge is 2.19. The van der Waals surface area contributed by atoms with Crippen molar-refractivity contribution in [3.05, 3.63) is 12.2 Å². The Morgan fingerprint density at radius 2 is 2.25 bits per heavy atom. The van der Waals surface area contributed by atoms with Crippen LogP contribution < -0.4 is 5.32 Å². The molecule has 1 atom stereocenters. The van der Waals surface area contributed by atoms with Gasteiger partial charge in [0.2, 0.25) is 0 Å². The van der Waals surface area contributed by atoms with Crippen molar-refractivity contribution in [2.75, 3.05) is 6.54 Å². The Morgan fingerprint density at radius 3 is 2.75 bits per heavy atom. The minimum Gasteiger partial charge on any atom is -0.444 e. The highest BCUT2D eigenvalue weighted by atomic mass is 16.6. The van der Waals surface area contributed by atoms with Crippen LogP contribution in [0.1, 0.15) is 34.1 Å². The third-order valence-electron chi connectivity index (χ3n) is 2.06. The van der Waals surface area contributed by atoms with Crippen LogP contribution in [0.25, 0.3) is 0 Å². The molecule has 1 aliphatic rings. The summed E-state index contributed by atoms with van der Waals surface area (Å²) in [5, 5.41) is 2.76. The predicted octanol–water partition coefficient (Wildman–Crippen LogP) is 2.30. The van der Waals surface area contributed by atoms with Crippen LogP contribution in [0.3, 0.4) is 0 Å². The first-order valence-electron chi connectivity index (χ1n) is 5.59. The zero-order valence-electron chi connectivity index (χ0n) is 10.4. The Hall–Kier alpha value is -1.32. The lowest BCUT2D eigenvalue weighted by atomic mass is 10.1. The Kier molecular flexibility index (Phi) is 4.10. The lowest BCUT2D eigenvalue weighted by molar-refractivity contribution is 0.0521. The van der Waals surface area contributed by atoms with Crippen LogP contribution in [0.2, 0.25) is 0 Å². The summed E-state index contributed by atoms with van der Waals surface area (Å²) in [5.74, 6) is 0. The van der Waals surface area contributed by atoms with Gasteiger partial charge in [-0.1, -0.05) is 6.08 Å². The van der Waals surface area contributed by atoms with Gasteiger partial charge in [0.1, 0.15) is 5.60 Å². The molecule has 0 spiro atoms. The fourth-order valence-corrected chi connectivity index (χ4v) is 1.36. The minimum atomic E-state index is -0.464. The normalized spacial score (nSPS) is 17.6. The zero-order chi connectivity index (χ0) is 12.2. The summed E-state index contributed by atoms with van der Waals surface area (Å²) in [4.78, 5) is 15.8. The van der Waals surface area contributed by atoms with E-state index in [-0.39, 0.29) is 6.04 Å². The van der Waals surface area contributed by atoms with Gasteiger partial charge in [-0.15, -0.1) is 0 Å². The van der Waals surface area contributed by atoms with Gasteiger partial charge in [0.15, 0.2) is 0 Å². The van der Waals surface area contributed by atoms with Gasteiger partial charge in [0.05, 0.1) is 11.8 Å². The van der Waals surface area contributed by atoms with Crippen molar-refractivity contribution in [3.63, 3.8) is 0 Å². The van der Waals surface area contributed by atoms with Crippen LogP contribution in [0.5, 0.6) is 0 Å². The standard InChI is InChI=1S/C12H20N2O2/c1-9(10-7-5-6-8-13-10)14-11(15)16-12(2,3)4/h5,7,9H,6,8H2,1-4H3,(H,14,15). The molecule has 0 fully saturated rings. The lowest BCUT2D eigenvalue weighted by Gasteiger charge is -2.22. The molecule has 16 heavy (non-hydrogen) atoms. The molecule has 0 saturated carbocycles. The highest BCUT2D eigenvalue weighted by molar-refractivity contribution is 6.00. The van der Waals surface area contributed by atoms with Crippen molar-refractivity contribution in [2.45, 2.75) is 45.8 Å². The molecule has 1 amide bonds. The molecule has 0 radical (unpaired) electrons. The fraction of sp³-hybridized carbons (Fsp3) is 0.667. The number of hydrogen-bond donors (Lipinski definition) is 1. The number of aliphatic imine (C=N–C) groups is 1. The first kappa shape index (κ1) is 12.7. The highest BCUT2D eigenvalue weighted by Crippen LogP contribution is 2.07. The van der Waals surface area contributed by atoms with Crippen molar-refractivity contribution in [1.29, 1.82) is 0 Å². The van der Waals surface area contributed by atoms with E-state index < -0.39 is 11.7 Å². The van der Waals surface area contributed by atoms with E-state index in [0.29, 0.717) is 0 Å². The first-order chi connectivity index (χ1) is 7.38. The minimum absolute atomic E-state index is 0.105. The van der Waals surface area contributed by atoms with Crippen molar-refractivity contribution < 1.29 is 9.53 Å². The molecule has 0 aromatic carbocycles. The molecule has 1 aliphatic heterocycles. The second-order valence-electron chi connectivity index (χ2n) is 4.87. The Balaban J connectivity index is 2.45. The average Bonchev–Trinajstić information content (AvgIpc) is 2.16. The molecule has 1 heterocycles. The van der Waals surface area contributed by atoms with E-state index in [1.54, 1.807) is 0 Å². The monoisotopic (exact) mass is 224 g/mol. The molecular formula is C12H20N2O2. The van der Waals surface area contributed by atoms with Crippen molar-refractivity contribution in [2.24, 2.45) is 4.99 Å². The summed E-state index contributed by atoms with van der Waals surface area (Å²) in [6, 6.07) is -0.105. The second-order valence-corrected chi connectivity index (χ2v) is 4.87. The zero-order valence-corrected chi connectivity index (χ0v) is 10.4. The number of alkyl carbamates (subject to hydrolysis) is 1. The maximum absolute atomic E-state index is 11.5. The summed E-state index contributed by atoms with van der Waals surface area (Å²) in [6.07, 6.45) is 4.59. The van der Waals surface area contributed by atoms with Crippen molar-refractivity contribution in [3.8, 4) is 0 Å². The van der Waals surface area contributed by atoms with Gasteiger partial charge in [-0.3, -0.25) is 4.99 Å². The van der Waals surface area contributed by atoms with Gasteiger partial charge < -0.3 is 10.1 Å². The first-order valence-corrected chi connectivity index (χ1v) is 5.59. The number of rotatable bonds is 2. The molecule has 4 heteroatoms. The number of amides is 1. The third kappa shape index (κ3) is 4.47. The summed E-state index contributed by atoms with van der Waals surface area (Å²) >= 11 is 0. The van der Waals surface area contributed by atoms with Crippen LogP contribution in [-0.2, 0) is 4.74 Å². The van der Waals surface area contributed by atoms with Gasteiger partial charge in [-0.25, -0.2) is 4.79 Å². The maximum atomic E-state index is 11.5. The molecular weight excluding hydrogens is 204 g/mol. The topological polar surface area (TPSA) is 50.7 Å². The molecule has 0 aromatic rings. The molecule has 1 N–H and O–H groups in total. The number of carbonyl (C=O) groups excluding carboxylic acids is 1. The predicted molar refractivity (Wildman–Crippen MR) is 64.9 cm³/mol. The molecule has 90 valence electrons. The van der Waals surface area contributed by atoms with E-state index in [1.165, 1.54) is 0 Å². The molecule has 0 saturated heterocycles. The van der Waals surface area contributed by atoms with E-state index in [1.807, 2.05) is 33.8 Å². The Morgan fingerprint density at radius 1 is 1.56 bits per heavy atom. The maximum Gasteiger partial charge on any atom is 0.408 e. The summed E-state index contributed by atoms with van der Waals surface area (Å²) in [7, 11) is 0. The van der Waals surface area contributed by atoms with Crippen LogP contribution >= 0.6 is 0 Å². The van der Waals surface area contributed by atoms with E-state index >= 15 is 0 Å². The van der Waals surface area contributed by atoms with Crippen molar-refractivity contribution >= 4 is 11.8 Å². The Bertz CT molecular complexity index is 313. The number of nitrogens with zero attached hydrogens (tertiary/aromatic N) is 1. The summed E-state index contributed by atoms with van der Waals surface area (Å²) < 4.78 is 5.17. The second kappa shape index (κ2) is 5.14. The van der Waals surface area contributed by atoms with Gasteiger partial charge in [0, 0.05) is 6.54 Å². The molecule has 4 nitrogen and oxygen atoms in total. The third-order valence-corrected chi connectivity index (χ3v) is 2.06. The SMILES string of the molecule is CC(NC(=O)OC(C)(C)C)C1=NCCC=C1. The number of carbonyl (C=O) groups is 1. The van der Waals surface area contributed by atoms with Crippen LogP contribution in [0.4, 0.5) is 4.79 Å². The van der Waals surface area contributed by atoms with Crippen LogP contribution in [-0.4, -0.2) is 30.0 Å². The number of hydrogen-bond acceptors (Lipinski definition) is 3. The molecule has 0 aromatic heterocycles. The quantitative estimate of drug-likeness (QED) is 0.782. The van der Waals surface area contributed by atoms with Gasteiger partial charge in [-0.2, -0.15) is 0 Å². The Labute approximate surface area is 96.8 Å². The summed E-state index contributed by atoms with van der Waals surface area (Å²) in [6.45, 7) is 8.23. The molecule has 0 aliphatic carbocycles. The number of nitrogens with one attached hydrogen (secondary N) is 1. The van der Waals surface area contributed by atoms with E-state index in [9.17, 15) is 4.79 Å². The lowest BCUT2D eigenvalue weighted by Crippen LogP contribution is -2.41. The smallest absolute Gasteiger partial charge is 0.408 e. The average molecular weight is 224 g/mol. The molecule has 0 bridgehead atoms. The van der Waals surface area contributed by atoms with Gasteiger partial charge >= 0.3 is 6.09 Å². The van der Waals surface area contributed by atoms with E-state index in [2.05, 4.69) is 16.4 Å². The van der Waals surface area contributed by atoms with Crippen LogP contribution in [0.15, 0.2) is 17.1 Å². The van der Waals surface area contributed by atoms with Gasteiger partial charge in [0.25, 0.3) is 0 Å². The van der Waals surface area contributed by atoms with E-state index in [0.717, 1.165) is 18.7 Å².